The first-order valence-electron chi connectivity index (χ1n) is 8.78. The van der Waals surface area contributed by atoms with Gasteiger partial charge in [0.2, 0.25) is 0 Å². The molecule has 0 radical (unpaired) electrons. The van der Waals surface area contributed by atoms with Crippen LogP contribution in [0.4, 0.5) is 5.69 Å². The van der Waals surface area contributed by atoms with E-state index in [1.54, 1.807) is 13.3 Å². The third-order valence-corrected chi connectivity index (χ3v) is 4.10. The third kappa shape index (κ3) is 5.12. The Morgan fingerprint density at radius 3 is 2.73 bits per heavy atom. The van der Waals surface area contributed by atoms with E-state index < -0.39 is 0 Å². The van der Waals surface area contributed by atoms with Gasteiger partial charge >= 0.3 is 0 Å². The van der Waals surface area contributed by atoms with Crippen LogP contribution in [0.1, 0.15) is 30.8 Å². The van der Waals surface area contributed by atoms with E-state index in [1.165, 1.54) is 5.69 Å². The molecule has 0 fully saturated rings. The first-order valence-corrected chi connectivity index (χ1v) is 8.78. The highest BCUT2D eigenvalue weighted by Gasteiger charge is 2.09. The lowest BCUT2D eigenvalue weighted by Crippen LogP contribution is -2.26. The Morgan fingerprint density at radius 2 is 2.04 bits per heavy atom. The molecule has 2 aromatic rings. The maximum atomic E-state index is 12.0. The molecule has 1 heterocycles. The van der Waals surface area contributed by atoms with Crippen LogP contribution in [0, 0.1) is 19.8 Å². The largest absolute Gasteiger partial charge is 0.495 e. The normalized spacial score (nSPS) is 11.2. The standard InChI is InChI=1S/C20H28N4O2/c1-14(2)13-24-15(3)10-17(16(24)4)11-22-23-20(25)12-21-18-8-6-7-9-19(18)26-5/h6-11,14,21H,12-13H2,1-5H3,(H,23,25)/b22-11-. The number of ether oxygens (including phenoxy) is 1. The number of hydrazone groups is 1. The zero-order valence-corrected chi connectivity index (χ0v) is 16.2. The van der Waals surface area contributed by atoms with Crippen molar-refractivity contribution in [3.8, 4) is 5.75 Å². The van der Waals surface area contributed by atoms with Crippen molar-refractivity contribution in [2.75, 3.05) is 19.0 Å². The minimum absolute atomic E-state index is 0.115. The molecule has 140 valence electrons. The smallest absolute Gasteiger partial charge is 0.259 e. The fourth-order valence-electron chi connectivity index (χ4n) is 2.78. The van der Waals surface area contributed by atoms with Crippen molar-refractivity contribution in [3.05, 3.63) is 47.3 Å². The molecule has 6 nitrogen and oxygen atoms in total. The Hall–Kier alpha value is -2.76. The van der Waals surface area contributed by atoms with Crippen LogP contribution in [-0.2, 0) is 11.3 Å². The number of nitrogens with one attached hydrogen (secondary N) is 2. The number of aromatic nitrogens is 1. The average molecular weight is 356 g/mol. The van der Waals surface area contributed by atoms with E-state index in [2.05, 4.69) is 54.2 Å². The molecule has 0 unspecified atom stereocenters. The van der Waals surface area contributed by atoms with E-state index in [0.717, 1.165) is 23.5 Å². The Morgan fingerprint density at radius 1 is 1.31 bits per heavy atom. The summed E-state index contributed by atoms with van der Waals surface area (Å²) in [7, 11) is 1.60. The van der Waals surface area contributed by atoms with Crippen LogP contribution in [0.25, 0.3) is 0 Å². The fourth-order valence-corrected chi connectivity index (χ4v) is 2.78. The van der Waals surface area contributed by atoms with Crippen LogP contribution in [0.2, 0.25) is 0 Å². The predicted molar refractivity (Wildman–Crippen MR) is 106 cm³/mol. The van der Waals surface area contributed by atoms with Gasteiger partial charge in [0.25, 0.3) is 5.91 Å². The van der Waals surface area contributed by atoms with Gasteiger partial charge in [-0.2, -0.15) is 5.10 Å². The average Bonchev–Trinajstić information content (AvgIpc) is 2.87. The predicted octanol–water partition coefficient (Wildman–Crippen LogP) is 3.33. The first-order chi connectivity index (χ1) is 12.4. The quantitative estimate of drug-likeness (QED) is 0.563. The third-order valence-electron chi connectivity index (χ3n) is 4.10. The van der Waals surface area contributed by atoms with Crippen LogP contribution in [0.3, 0.4) is 0 Å². The molecular formula is C20H28N4O2. The minimum atomic E-state index is -0.219. The summed E-state index contributed by atoms with van der Waals surface area (Å²) in [6.45, 7) is 9.64. The van der Waals surface area contributed by atoms with Crippen molar-refractivity contribution in [3.63, 3.8) is 0 Å². The van der Waals surface area contributed by atoms with Crippen molar-refractivity contribution in [1.82, 2.24) is 9.99 Å². The molecule has 0 atom stereocenters. The Balaban J connectivity index is 1.91. The number of hydrogen-bond donors (Lipinski definition) is 2. The Bertz CT molecular complexity index is 778. The van der Waals surface area contributed by atoms with E-state index in [-0.39, 0.29) is 12.5 Å². The van der Waals surface area contributed by atoms with E-state index in [4.69, 9.17) is 4.74 Å². The first kappa shape index (κ1) is 19.6. The summed E-state index contributed by atoms with van der Waals surface area (Å²) in [4.78, 5) is 12.0. The molecule has 0 aliphatic carbocycles. The number of para-hydroxylation sites is 2. The molecule has 0 aliphatic heterocycles. The second-order valence-corrected chi connectivity index (χ2v) is 6.68. The van der Waals surface area contributed by atoms with Crippen LogP contribution in [0.5, 0.6) is 5.75 Å². The second-order valence-electron chi connectivity index (χ2n) is 6.68. The number of rotatable bonds is 8. The second kappa shape index (κ2) is 9.08. The highest BCUT2D eigenvalue weighted by molar-refractivity contribution is 5.85. The van der Waals surface area contributed by atoms with E-state index in [1.807, 2.05) is 24.3 Å². The van der Waals surface area contributed by atoms with Gasteiger partial charge in [-0.25, -0.2) is 5.43 Å². The van der Waals surface area contributed by atoms with Crippen LogP contribution >= 0.6 is 0 Å². The van der Waals surface area contributed by atoms with E-state index >= 15 is 0 Å². The number of amides is 1. The lowest BCUT2D eigenvalue weighted by atomic mass is 10.2. The van der Waals surface area contributed by atoms with Gasteiger partial charge in [-0.3, -0.25) is 4.79 Å². The fraction of sp³-hybridized carbons (Fsp3) is 0.400. The highest BCUT2D eigenvalue weighted by Crippen LogP contribution is 2.22. The van der Waals surface area contributed by atoms with Crippen molar-refractivity contribution in [1.29, 1.82) is 0 Å². The van der Waals surface area contributed by atoms with E-state index in [0.29, 0.717) is 11.7 Å². The molecule has 26 heavy (non-hydrogen) atoms. The van der Waals surface area contributed by atoms with Gasteiger partial charge in [0.15, 0.2) is 0 Å². The maximum Gasteiger partial charge on any atom is 0.259 e. The number of hydrogen-bond acceptors (Lipinski definition) is 4. The molecule has 0 saturated carbocycles. The molecule has 0 bridgehead atoms. The molecule has 0 aliphatic rings. The summed E-state index contributed by atoms with van der Waals surface area (Å²) < 4.78 is 7.52. The summed E-state index contributed by atoms with van der Waals surface area (Å²) in [5.74, 6) is 1.05. The van der Waals surface area contributed by atoms with Crippen molar-refractivity contribution in [2.24, 2.45) is 11.0 Å². The molecule has 6 heteroatoms. The molecular weight excluding hydrogens is 328 g/mol. The van der Waals surface area contributed by atoms with Crippen LogP contribution < -0.4 is 15.5 Å². The van der Waals surface area contributed by atoms with Gasteiger partial charge < -0.3 is 14.6 Å². The SMILES string of the molecule is COc1ccccc1NCC(=O)N/N=C\c1cc(C)n(CC(C)C)c1C. The van der Waals surface area contributed by atoms with Crippen LogP contribution in [0.15, 0.2) is 35.4 Å². The van der Waals surface area contributed by atoms with Gasteiger partial charge in [0, 0.05) is 23.5 Å². The Kier molecular flexibility index (Phi) is 6.83. The number of aryl methyl sites for hydroxylation is 1. The lowest BCUT2D eigenvalue weighted by molar-refractivity contribution is -0.119. The zero-order valence-electron chi connectivity index (χ0n) is 16.2. The maximum absolute atomic E-state index is 12.0. The van der Waals surface area contributed by atoms with Crippen molar-refractivity contribution in [2.45, 2.75) is 34.2 Å². The number of benzene rings is 1. The number of carbonyl (C=O) groups excluding carboxylic acids is 1. The minimum Gasteiger partial charge on any atom is -0.495 e. The molecule has 1 amide bonds. The monoisotopic (exact) mass is 356 g/mol. The van der Waals surface area contributed by atoms with Crippen LogP contribution in [-0.4, -0.2) is 30.3 Å². The Labute approximate surface area is 155 Å². The number of anilines is 1. The summed E-state index contributed by atoms with van der Waals surface area (Å²) in [5.41, 5.74) is 6.69. The highest BCUT2D eigenvalue weighted by atomic mass is 16.5. The van der Waals surface area contributed by atoms with Gasteiger partial charge in [-0.1, -0.05) is 26.0 Å². The summed E-state index contributed by atoms with van der Waals surface area (Å²) in [6.07, 6.45) is 1.69. The summed E-state index contributed by atoms with van der Waals surface area (Å²) in [6, 6.07) is 9.54. The lowest BCUT2D eigenvalue weighted by Gasteiger charge is -2.11. The molecule has 2 rings (SSSR count). The molecule has 1 aromatic carbocycles. The number of nitrogens with zero attached hydrogens (tertiary/aromatic N) is 2. The molecule has 2 N–H and O–H groups in total. The van der Waals surface area contributed by atoms with Crippen molar-refractivity contribution >= 4 is 17.8 Å². The molecule has 0 saturated heterocycles. The summed E-state index contributed by atoms with van der Waals surface area (Å²) in [5, 5.41) is 7.13. The number of methoxy groups -OCH3 is 1. The van der Waals surface area contributed by atoms with Gasteiger partial charge in [-0.15, -0.1) is 0 Å². The topological polar surface area (TPSA) is 67.7 Å². The van der Waals surface area contributed by atoms with Gasteiger partial charge in [-0.05, 0) is 38.0 Å². The zero-order chi connectivity index (χ0) is 19.1. The summed E-state index contributed by atoms with van der Waals surface area (Å²) >= 11 is 0. The van der Waals surface area contributed by atoms with E-state index in [9.17, 15) is 4.79 Å². The van der Waals surface area contributed by atoms with Gasteiger partial charge in [0.1, 0.15) is 5.75 Å². The number of carbonyl (C=O) groups is 1. The molecule has 0 spiro atoms. The molecule has 1 aromatic heterocycles. The van der Waals surface area contributed by atoms with Gasteiger partial charge in [0.05, 0.1) is 25.6 Å². The van der Waals surface area contributed by atoms with Crippen molar-refractivity contribution < 1.29 is 9.53 Å².